The average Bonchev–Trinajstić information content (AvgIpc) is 3.22. The smallest absolute Gasteiger partial charge is 0.145 e. The van der Waals surface area contributed by atoms with E-state index in [2.05, 4.69) is 23.7 Å². The minimum Gasteiger partial charge on any atom is -0.384 e. The van der Waals surface area contributed by atoms with Gasteiger partial charge in [-0.15, -0.1) is 11.8 Å². The lowest BCUT2D eigenvalue weighted by Gasteiger charge is -2.29. The van der Waals surface area contributed by atoms with Crippen molar-refractivity contribution in [3.63, 3.8) is 0 Å². The summed E-state index contributed by atoms with van der Waals surface area (Å²) in [5.74, 6) is 4.71. The van der Waals surface area contributed by atoms with Crippen LogP contribution in [0.1, 0.15) is 48.9 Å². The van der Waals surface area contributed by atoms with Crippen LogP contribution in [0.15, 0.2) is 6.07 Å². The molecule has 1 aromatic heterocycles. The van der Waals surface area contributed by atoms with E-state index in [4.69, 9.17) is 10.7 Å². The molecule has 2 unspecified atom stereocenters. The van der Waals surface area contributed by atoms with Crippen LogP contribution >= 0.6 is 23.5 Å². The molecule has 0 aromatic carbocycles. The summed E-state index contributed by atoms with van der Waals surface area (Å²) in [4.78, 5) is 9.29. The van der Waals surface area contributed by atoms with Gasteiger partial charge in [-0.3, -0.25) is 0 Å². The van der Waals surface area contributed by atoms with Crippen molar-refractivity contribution in [1.29, 1.82) is 0 Å². The Bertz CT molecular complexity index is 434. The molecular formula is C13H19N3S2. The van der Waals surface area contributed by atoms with Crippen molar-refractivity contribution in [2.24, 2.45) is 0 Å². The molecule has 5 heteroatoms. The molecule has 1 aliphatic heterocycles. The fourth-order valence-corrected chi connectivity index (χ4v) is 5.35. The molecule has 0 bridgehead atoms. The van der Waals surface area contributed by atoms with E-state index in [1.54, 1.807) is 0 Å². The molecule has 0 spiro atoms. The van der Waals surface area contributed by atoms with E-state index in [1.807, 2.05) is 17.8 Å². The minimum atomic E-state index is 0.426. The van der Waals surface area contributed by atoms with Crippen molar-refractivity contribution in [3.8, 4) is 0 Å². The van der Waals surface area contributed by atoms with Crippen LogP contribution in [0, 0.1) is 0 Å². The van der Waals surface area contributed by atoms with Crippen molar-refractivity contribution in [2.75, 3.05) is 17.2 Å². The van der Waals surface area contributed by atoms with E-state index in [9.17, 15) is 0 Å². The Labute approximate surface area is 117 Å². The van der Waals surface area contributed by atoms with Crippen molar-refractivity contribution in [3.05, 3.63) is 17.6 Å². The fraction of sp³-hybridized carbons (Fsp3) is 0.692. The molecule has 1 aromatic rings. The van der Waals surface area contributed by atoms with Crippen LogP contribution in [0.4, 0.5) is 5.82 Å². The number of hydrogen-bond acceptors (Lipinski definition) is 5. The normalized spacial score (nSPS) is 28.3. The lowest BCUT2D eigenvalue weighted by atomic mass is 10.2. The van der Waals surface area contributed by atoms with Crippen LogP contribution in [0.5, 0.6) is 0 Å². The Hall–Kier alpha value is -0.420. The van der Waals surface area contributed by atoms with Gasteiger partial charge in [0.25, 0.3) is 0 Å². The number of nitrogen functional groups attached to an aromatic ring is 1. The second-order valence-corrected chi connectivity index (χ2v) is 7.56. The second kappa shape index (κ2) is 5.29. The molecule has 0 amide bonds. The number of thioether (sulfide) groups is 2. The summed E-state index contributed by atoms with van der Waals surface area (Å²) in [6, 6.07) is 1.96. The molecule has 3 rings (SSSR count). The molecule has 2 fully saturated rings. The van der Waals surface area contributed by atoms with E-state index in [1.165, 1.54) is 36.5 Å². The van der Waals surface area contributed by atoms with Crippen LogP contribution in [0.25, 0.3) is 0 Å². The monoisotopic (exact) mass is 281 g/mol. The van der Waals surface area contributed by atoms with Crippen LogP contribution in [-0.4, -0.2) is 26.7 Å². The molecule has 0 radical (unpaired) electrons. The van der Waals surface area contributed by atoms with Gasteiger partial charge >= 0.3 is 0 Å². The molecule has 2 N–H and O–H groups in total. The quantitative estimate of drug-likeness (QED) is 0.922. The third-order valence-corrected chi connectivity index (χ3v) is 6.73. The summed E-state index contributed by atoms with van der Waals surface area (Å²) in [6.07, 6.45) is 3.71. The zero-order chi connectivity index (χ0) is 12.5. The SMILES string of the molecule is CCC1SCCSC1c1nc(N)cc(C2CC2)n1. The van der Waals surface area contributed by atoms with Gasteiger partial charge in [0, 0.05) is 34.4 Å². The molecule has 3 nitrogen and oxygen atoms in total. The van der Waals surface area contributed by atoms with Gasteiger partial charge in [0.2, 0.25) is 0 Å². The maximum absolute atomic E-state index is 5.95. The third-order valence-electron chi connectivity index (χ3n) is 3.49. The van der Waals surface area contributed by atoms with Crippen molar-refractivity contribution >= 4 is 29.3 Å². The number of nitrogens with two attached hydrogens (primary N) is 1. The second-order valence-electron chi connectivity index (χ2n) is 4.96. The summed E-state index contributed by atoms with van der Waals surface area (Å²) in [6.45, 7) is 2.25. The van der Waals surface area contributed by atoms with Crippen molar-refractivity contribution in [2.45, 2.75) is 42.6 Å². The zero-order valence-electron chi connectivity index (χ0n) is 10.6. The highest BCUT2D eigenvalue weighted by molar-refractivity contribution is 8.06. The predicted molar refractivity (Wildman–Crippen MR) is 80.2 cm³/mol. The third kappa shape index (κ3) is 2.62. The van der Waals surface area contributed by atoms with Gasteiger partial charge in [0.1, 0.15) is 11.6 Å². The topological polar surface area (TPSA) is 51.8 Å². The van der Waals surface area contributed by atoms with Gasteiger partial charge < -0.3 is 5.73 Å². The first-order valence-electron chi connectivity index (χ1n) is 6.65. The molecule has 2 aliphatic rings. The Kier molecular flexibility index (Phi) is 3.71. The summed E-state index contributed by atoms with van der Waals surface area (Å²) >= 11 is 4.06. The molecule has 18 heavy (non-hydrogen) atoms. The van der Waals surface area contributed by atoms with Crippen LogP contribution < -0.4 is 5.73 Å². The lowest BCUT2D eigenvalue weighted by molar-refractivity contribution is 0.742. The number of rotatable bonds is 3. The first-order valence-corrected chi connectivity index (χ1v) is 8.75. The largest absolute Gasteiger partial charge is 0.384 e. The molecule has 98 valence electrons. The molecule has 1 aliphatic carbocycles. The number of nitrogens with zero attached hydrogens (tertiary/aromatic N) is 2. The molecule has 2 atom stereocenters. The van der Waals surface area contributed by atoms with Gasteiger partial charge in [-0.2, -0.15) is 11.8 Å². The highest BCUT2D eigenvalue weighted by Gasteiger charge is 2.31. The Morgan fingerprint density at radius 2 is 2.06 bits per heavy atom. The summed E-state index contributed by atoms with van der Waals surface area (Å²) < 4.78 is 0. The van der Waals surface area contributed by atoms with E-state index >= 15 is 0 Å². The fourth-order valence-electron chi connectivity index (χ4n) is 2.36. The predicted octanol–water partition coefficient (Wildman–Crippen LogP) is 3.24. The zero-order valence-corrected chi connectivity index (χ0v) is 12.3. The van der Waals surface area contributed by atoms with Gasteiger partial charge in [0.05, 0.1) is 5.25 Å². The maximum Gasteiger partial charge on any atom is 0.145 e. The molecule has 2 heterocycles. The van der Waals surface area contributed by atoms with E-state index < -0.39 is 0 Å². The van der Waals surface area contributed by atoms with Crippen molar-refractivity contribution in [1.82, 2.24) is 9.97 Å². The van der Waals surface area contributed by atoms with Gasteiger partial charge in [-0.1, -0.05) is 6.92 Å². The highest BCUT2D eigenvalue weighted by atomic mass is 32.2. The van der Waals surface area contributed by atoms with Crippen LogP contribution in [0.3, 0.4) is 0 Å². The Morgan fingerprint density at radius 3 is 2.78 bits per heavy atom. The molecular weight excluding hydrogens is 262 g/mol. The van der Waals surface area contributed by atoms with Crippen LogP contribution in [0.2, 0.25) is 0 Å². The minimum absolute atomic E-state index is 0.426. The molecule has 1 saturated heterocycles. The standard InChI is InChI=1S/C13H19N3S2/c1-2-10-12(18-6-5-17-10)13-15-9(8-3-4-8)7-11(14)16-13/h7-8,10,12H,2-6H2,1H3,(H2,14,15,16). The number of hydrogen-bond donors (Lipinski definition) is 1. The van der Waals surface area contributed by atoms with E-state index in [-0.39, 0.29) is 0 Å². The van der Waals surface area contributed by atoms with Crippen molar-refractivity contribution < 1.29 is 0 Å². The Morgan fingerprint density at radius 1 is 1.28 bits per heavy atom. The number of aromatic nitrogens is 2. The van der Waals surface area contributed by atoms with E-state index in [0.717, 1.165) is 5.82 Å². The van der Waals surface area contributed by atoms with E-state index in [0.29, 0.717) is 22.2 Å². The maximum atomic E-state index is 5.95. The van der Waals surface area contributed by atoms with Gasteiger partial charge in [-0.05, 0) is 19.3 Å². The summed E-state index contributed by atoms with van der Waals surface area (Å²) in [5.41, 5.74) is 7.12. The van der Waals surface area contributed by atoms with Gasteiger partial charge in [-0.25, -0.2) is 9.97 Å². The first-order chi connectivity index (χ1) is 8.78. The summed E-state index contributed by atoms with van der Waals surface area (Å²) in [5, 5.41) is 1.06. The number of anilines is 1. The average molecular weight is 281 g/mol. The molecule has 1 saturated carbocycles. The van der Waals surface area contributed by atoms with Crippen LogP contribution in [-0.2, 0) is 0 Å². The first kappa shape index (κ1) is 12.6. The highest BCUT2D eigenvalue weighted by Crippen LogP contribution is 2.44. The van der Waals surface area contributed by atoms with Gasteiger partial charge in [0.15, 0.2) is 0 Å². The summed E-state index contributed by atoms with van der Waals surface area (Å²) in [7, 11) is 0. The Balaban J connectivity index is 1.89. The lowest BCUT2D eigenvalue weighted by Crippen LogP contribution is -2.21.